The van der Waals surface area contributed by atoms with E-state index < -0.39 is 11.4 Å². The molecule has 1 aliphatic carbocycles. The normalized spacial score (nSPS) is 16.6. The van der Waals surface area contributed by atoms with Gasteiger partial charge in [0.2, 0.25) is 0 Å². The molecule has 3 nitrogen and oxygen atoms in total. The Kier molecular flexibility index (Phi) is 3.66. The van der Waals surface area contributed by atoms with Crippen molar-refractivity contribution in [2.75, 3.05) is 13.1 Å². The number of hydrogen-bond acceptors (Lipinski definition) is 2. The number of nitrogens with one attached hydrogen (secondary N) is 1. The van der Waals surface area contributed by atoms with E-state index >= 15 is 0 Å². The summed E-state index contributed by atoms with van der Waals surface area (Å²) < 4.78 is 13.1. The van der Waals surface area contributed by atoms with Crippen LogP contribution in [0.3, 0.4) is 0 Å². The zero-order valence-electron chi connectivity index (χ0n) is 10.5. The molecule has 0 radical (unpaired) electrons. The Morgan fingerprint density at radius 2 is 2.22 bits per heavy atom. The van der Waals surface area contributed by atoms with Crippen LogP contribution >= 0.6 is 0 Å². The molecular formula is C14H18FNO2. The SMILES string of the molecule is Cc1cc(CCNCC2(C(=O)O)CC2)ccc1F. The highest BCUT2D eigenvalue weighted by molar-refractivity contribution is 5.78. The summed E-state index contributed by atoms with van der Waals surface area (Å²) in [5, 5.41) is 12.2. The molecule has 0 unspecified atom stereocenters. The summed E-state index contributed by atoms with van der Waals surface area (Å²) in [7, 11) is 0. The van der Waals surface area contributed by atoms with Gasteiger partial charge in [-0.1, -0.05) is 12.1 Å². The standard InChI is InChI=1S/C14H18FNO2/c1-10-8-11(2-3-12(10)15)4-7-16-9-14(5-6-14)13(17)18/h2-3,8,16H,4-7,9H2,1H3,(H,17,18). The highest BCUT2D eigenvalue weighted by Gasteiger charge is 2.49. The molecule has 1 aliphatic rings. The highest BCUT2D eigenvalue weighted by Crippen LogP contribution is 2.45. The van der Waals surface area contributed by atoms with Gasteiger partial charge in [0.1, 0.15) is 5.82 Å². The van der Waals surface area contributed by atoms with Gasteiger partial charge >= 0.3 is 5.97 Å². The summed E-state index contributed by atoms with van der Waals surface area (Å²) in [6, 6.07) is 5.08. The molecule has 0 heterocycles. The van der Waals surface area contributed by atoms with Crippen molar-refractivity contribution < 1.29 is 14.3 Å². The van der Waals surface area contributed by atoms with Crippen LogP contribution in [0.2, 0.25) is 0 Å². The van der Waals surface area contributed by atoms with Crippen LogP contribution in [-0.4, -0.2) is 24.2 Å². The molecule has 0 saturated heterocycles. The summed E-state index contributed by atoms with van der Waals surface area (Å²) in [6.45, 7) is 3.00. The fourth-order valence-corrected chi connectivity index (χ4v) is 2.04. The zero-order valence-corrected chi connectivity index (χ0v) is 10.5. The summed E-state index contributed by atoms with van der Waals surface area (Å²) >= 11 is 0. The Balaban J connectivity index is 1.75. The van der Waals surface area contributed by atoms with Gasteiger partial charge < -0.3 is 10.4 Å². The molecule has 18 heavy (non-hydrogen) atoms. The number of rotatable bonds is 6. The number of aliphatic carboxylic acids is 1. The van der Waals surface area contributed by atoms with Crippen molar-refractivity contribution in [1.29, 1.82) is 0 Å². The average molecular weight is 251 g/mol. The minimum Gasteiger partial charge on any atom is -0.481 e. The smallest absolute Gasteiger partial charge is 0.310 e. The Labute approximate surface area is 106 Å². The lowest BCUT2D eigenvalue weighted by Crippen LogP contribution is -2.31. The second-order valence-corrected chi connectivity index (χ2v) is 5.10. The molecule has 1 aromatic rings. The van der Waals surface area contributed by atoms with Gasteiger partial charge in [0, 0.05) is 6.54 Å². The third-order valence-corrected chi connectivity index (χ3v) is 3.58. The van der Waals surface area contributed by atoms with Gasteiger partial charge in [-0.05, 0) is 49.9 Å². The first-order chi connectivity index (χ1) is 8.53. The fourth-order valence-electron chi connectivity index (χ4n) is 2.04. The number of carboxylic acid groups (broad SMARTS) is 1. The Morgan fingerprint density at radius 3 is 2.78 bits per heavy atom. The topological polar surface area (TPSA) is 49.3 Å². The zero-order chi connectivity index (χ0) is 13.2. The number of benzene rings is 1. The van der Waals surface area contributed by atoms with Crippen molar-refractivity contribution in [1.82, 2.24) is 5.32 Å². The molecule has 0 spiro atoms. The van der Waals surface area contributed by atoms with Crippen molar-refractivity contribution in [3.63, 3.8) is 0 Å². The predicted octanol–water partition coefficient (Wildman–Crippen LogP) is 2.13. The van der Waals surface area contributed by atoms with Gasteiger partial charge in [-0.15, -0.1) is 0 Å². The van der Waals surface area contributed by atoms with Crippen LogP contribution in [0.4, 0.5) is 4.39 Å². The molecule has 2 N–H and O–H groups in total. The minimum atomic E-state index is -0.701. The van der Waals surface area contributed by atoms with E-state index in [-0.39, 0.29) is 5.82 Å². The number of aryl methyl sites for hydroxylation is 1. The van der Waals surface area contributed by atoms with Crippen molar-refractivity contribution in [3.8, 4) is 0 Å². The molecule has 0 amide bonds. The summed E-state index contributed by atoms with van der Waals surface area (Å²) in [6.07, 6.45) is 2.33. The molecule has 0 bridgehead atoms. The van der Waals surface area contributed by atoms with Crippen LogP contribution in [0.1, 0.15) is 24.0 Å². The first kappa shape index (κ1) is 13.0. The van der Waals surface area contributed by atoms with E-state index in [9.17, 15) is 9.18 Å². The summed E-state index contributed by atoms with van der Waals surface area (Å²) in [5.74, 6) is -0.887. The lowest BCUT2D eigenvalue weighted by atomic mass is 10.1. The molecule has 2 rings (SSSR count). The molecule has 98 valence electrons. The van der Waals surface area contributed by atoms with Crippen LogP contribution in [0.15, 0.2) is 18.2 Å². The van der Waals surface area contributed by atoms with Gasteiger partial charge in [-0.3, -0.25) is 4.79 Å². The lowest BCUT2D eigenvalue weighted by Gasteiger charge is -2.11. The third-order valence-electron chi connectivity index (χ3n) is 3.58. The van der Waals surface area contributed by atoms with E-state index in [0.717, 1.165) is 31.4 Å². The molecular weight excluding hydrogens is 233 g/mol. The summed E-state index contributed by atoms with van der Waals surface area (Å²) in [4.78, 5) is 10.9. The molecule has 1 fully saturated rings. The van der Waals surface area contributed by atoms with Gasteiger partial charge in [-0.2, -0.15) is 0 Å². The Bertz CT molecular complexity index is 455. The second-order valence-electron chi connectivity index (χ2n) is 5.10. The van der Waals surface area contributed by atoms with Crippen LogP contribution in [-0.2, 0) is 11.2 Å². The monoisotopic (exact) mass is 251 g/mol. The fraction of sp³-hybridized carbons (Fsp3) is 0.500. The van der Waals surface area contributed by atoms with Crippen LogP contribution in [0.5, 0.6) is 0 Å². The van der Waals surface area contributed by atoms with Crippen LogP contribution in [0, 0.1) is 18.2 Å². The van der Waals surface area contributed by atoms with E-state index in [2.05, 4.69) is 5.32 Å². The van der Waals surface area contributed by atoms with Gasteiger partial charge in [0.05, 0.1) is 5.41 Å². The van der Waals surface area contributed by atoms with Gasteiger partial charge in [-0.25, -0.2) is 4.39 Å². The van der Waals surface area contributed by atoms with Crippen LogP contribution < -0.4 is 5.32 Å². The molecule has 1 aromatic carbocycles. The van der Waals surface area contributed by atoms with Crippen molar-refractivity contribution in [2.45, 2.75) is 26.2 Å². The van der Waals surface area contributed by atoms with Gasteiger partial charge in [0.15, 0.2) is 0 Å². The van der Waals surface area contributed by atoms with Crippen LogP contribution in [0.25, 0.3) is 0 Å². The average Bonchev–Trinajstić information content (AvgIpc) is 3.10. The van der Waals surface area contributed by atoms with E-state index in [0.29, 0.717) is 12.1 Å². The maximum atomic E-state index is 13.1. The quantitative estimate of drug-likeness (QED) is 0.761. The maximum absolute atomic E-state index is 13.1. The molecule has 4 heteroatoms. The maximum Gasteiger partial charge on any atom is 0.310 e. The number of carboxylic acids is 1. The molecule has 1 saturated carbocycles. The van der Waals surface area contributed by atoms with Crippen molar-refractivity contribution in [3.05, 3.63) is 35.1 Å². The van der Waals surface area contributed by atoms with Crippen molar-refractivity contribution in [2.24, 2.45) is 5.41 Å². The molecule has 0 aromatic heterocycles. The molecule has 0 atom stereocenters. The molecule has 0 aliphatic heterocycles. The highest BCUT2D eigenvalue weighted by atomic mass is 19.1. The van der Waals surface area contributed by atoms with E-state index in [1.807, 2.05) is 6.07 Å². The predicted molar refractivity (Wildman–Crippen MR) is 67.0 cm³/mol. The second kappa shape index (κ2) is 5.06. The van der Waals surface area contributed by atoms with E-state index in [1.165, 1.54) is 6.07 Å². The lowest BCUT2D eigenvalue weighted by molar-refractivity contribution is -0.143. The Morgan fingerprint density at radius 1 is 1.50 bits per heavy atom. The minimum absolute atomic E-state index is 0.186. The number of carbonyl (C=O) groups is 1. The van der Waals surface area contributed by atoms with Gasteiger partial charge in [0.25, 0.3) is 0 Å². The Hall–Kier alpha value is -1.42. The third kappa shape index (κ3) is 2.88. The first-order valence-electron chi connectivity index (χ1n) is 6.23. The first-order valence-corrected chi connectivity index (χ1v) is 6.23. The van der Waals surface area contributed by atoms with E-state index in [4.69, 9.17) is 5.11 Å². The van der Waals surface area contributed by atoms with Crippen molar-refractivity contribution >= 4 is 5.97 Å². The van der Waals surface area contributed by atoms with E-state index in [1.54, 1.807) is 13.0 Å². The summed E-state index contributed by atoms with van der Waals surface area (Å²) in [5.41, 5.74) is 1.21. The number of hydrogen-bond donors (Lipinski definition) is 2. The number of halogens is 1. The largest absolute Gasteiger partial charge is 0.481 e.